The van der Waals surface area contributed by atoms with Crippen LogP contribution in [0.2, 0.25) is 5.02 Å². The van der Waals surface area contributed by atoms with Crippen molar-refractivity contribution in [1.82, 2.24) is 14.8 Å². The number of aryl methyl sites for hydroxylation is 1. The molecule has 3 rings (SSSR count). The molecule has 1 fully saturated rings. The van der Waals surface area contributed by atoms with Gasteiger partial charge in [-0.05, 0) is 82.5 Å². The Kier molecular flexibility index (Phi) is 7.80. The number of halogens is 1. The summed E-state index contributed by atoms with van der Waals surface area (Å²) in [5.41, 5.74) is 4.10. The van der Waals surface area contributed by atoms with Crippen LogP contribution in [0.4, 0.5) is 4.79 Å². The van der Waals surface area contributed by atoms with Gasteiger partial charge in [0.15, 0.2) is 5.78 Å². The summed E-state index contributed by atoms with van der Waals surface area (Å²) in [6, 6.07) is 7.56. The number of ether oxygens (including phenoxy) is 1. The van der Waals surface area contributed by atoms with E-state index >= 15 is 0 Å². The topological polar surface area (TPSA) is 62.7 Å². The number of amides is 1. The Balaban J connectivity index is 1.68. The summed E-state index contributed by atoms with van der Waals surface area (Å²) < 4.78 is 5.55. The molecule has 1 atom stereocenters. The van der Waals surface area contributed by atoms with Crippen LogP contribution < -0.4 is 0 Å². The van der Waals surface area contributed by atoms with Crippen molar-refractivity contribution in [3.05, 3.63) is 63.4 Å². The summed E-state index contributed by atoms with van der Waals surface area (Å²) in [5.74, 6) is 0.0263. The second kappa shape index (κ2) is 10.2. The highest BCUT2D eigenvalue weighted by Gasteiger charge is 2.31. The Bertz CT molecular complexity index is 1010. The molecule has 1 saturated heterocycles. The maximum Gasteiger partial charge on any atom is 0.410 e. The average molecular weight is 472 g/mol. The molecule has 0 radical (unpaired) electrons. The van der Waals surface area contributed by atoms with Gasteiger partial charge in [-0.1, -0.05) is 11.6 Å². The summed E-state index contributed by atoms with van der Waals surface area (Å²) in [7, 11) is 0. The Hall–Kier alpha value is -2.44. The number of pyridine rings is 1. The Morgan fingerprint density at radius 1 is 1.15 bits per heavy atom. The van der Waals surface area contributed by atoms with E-state index in [-0.39, 0.29) is 24.3 Å². The number of carbonyl (C=O) groups is 2. The van der Waals surface area contributed by atoms with E-state index in [2.05, 4.69) is 9.88 Å². The van der Waals surface area contributed by atoms with Gasteiger partial charge in [-0.3, -0.25) is 14.7 Å². The molecule has 178 valence electrons. The van der Waals surface area contributed by atoms with Crippen LogP contribution in [0.25, 0.3) is 0 Å². The summed E-state index contributed by atoms with van der Waals surface area (Å²) in [4.78, 5) is 33.6. The minimum atomic E-state index is -0.506. The number of carbonyl (C=O) groups excluding carboxylic acids is 2. The number of hydrogen-bond acceptors (Lipinski definition) is 5. The van der Waals surface area contributed by atoms with Gasteiger partial charge in [0.2, 0.25) is 0 Å². The first kappa shape index (κ1) is 25.2. The van der Waals surface area contributed by atoms with Gasteiger partial charge in [-0.15, -0.1) is 0 Å². The molecule has 1 aliphatic rings. The maximum absolute atomic E-state index is 12.8. The van der Waals surface area contributed by atoms with Gasteiger partial charge < -0.3 is 9.64 Å². The number of aromatic nitrogens is 1. The van der Waals surface area contributed by atoms with Crippen LogP contribution in [-0.4, -0.2) is 57.9 Å². The standard InChI is InChI=1S/C26H34ClN3O3/c1-17-7-8-20(14-28-17)24(31)13-21-11-23(27)12-22(19(21)3)16-29-9-10-30(18(2)15-29)25(32)33-26(4,5)6/h7-8,11-12,14,18H,9-10,13,15-16H2,1-6H3/t18-/m0/s1. The predicted octanol–water partition coefficient (Wildman–Crippen LogP) is 5.22. The van der Waals surface area contributed by atoms with Crippen molar-refractivity contribution in [1.29, 1.82) is 0 Å². The van der Waals surface area contributed by atoms with E-state index in [1.165, 1.54) is 0 Å². The Morgan fingerprint density at radius 2 is 1.85 bits per heavy atom. The highest BCUT2D eigenvalue weighted by atomic mass is 35.5. The predicted molar refractivity (Wildman–Crippen MR) is 131 cm³/mol. The molecule has 0 aliphatic carbocycles. The van der Waals surface area contributed by atoms with Crippen molar-refractivity contribution in [2.75, 3.05) is 19.6 Å². The molecule has 1 aromatic carbocycles. The van der Waals surface area contributed by atoms with Crippen molar-refractivity contribution >= 4 is 23.5 Å². The highest BCUT2D eigenvalue weighted by Crippen LogP contribution is 2.25. The van der Waals surface area contributed by atoms with Gasteiger partial charge in [0, 0.05) is 61.1 Å². The van der Waals surface area contributed by atoms with Crippen molar-refractivity contribution in [2.45, 2.75) is 66.2 Å². The molecule has 1 aliphatic heterocycles. The quantitative estimate of drug-likeness (QED) is 0.559. The van der Waals surface area contributed by atoms with E-state index in [9.17, 15) is 9.59 Å². The number of Topliss-reactive ketones (excluding diaryl/α,β-unsaturated/α-hetero) is 1. The summed E-state index contributed by atoms with van der Waals surface area (Å²) >= 11 is 6.43. The van der Waals surface area contributed by atoms with Crippen LogP contribution in [0.15, 0.2) is 30.5 Å². The van der Waals surface area contributed by atoms with Crippen LogP contribution >= 0.6 is 11.6 Å². The minimum Gasteiger partial charge on any atom is -0.444 e. The second-order valence-corrected chi connectivity index (χ2v) is 10.3. The zero-order chi connectivity index (χ0) is 24.3. The number of piperazine rings is 1. The number of ketones is 1. The fourth-order valence-corrected chi connectivity index (χ4v) is 4.33. The molecular formula is C26H34ClN3O3. The number of rotatable bonds is 5. The third kappa shape index (κ3) is 6.78. The lowest BCUT2D eigenvalue weighted by Gasteiger charge is -2.40. The molecule has 0 spiro atoms. The van der Waals surface area contributed by atoms with Crippen LogP contribution in [0.5, 0.6) is 0 Å². The third-order valence-corrected chi connectivity index (χ3v) is 6.12. The van der Waals surface area contributed by atoms with E-state index < -0.39 is 5.60 Å². The SMILES string of the molecule is Cc1ccc(C(=O)Cc2cc(Cl)cc(CN3CCN(C(=O)OC(C)(C)C)[C@@H](C)C3)c2C)cn1. The van der Waals surface area contributed by atoms with E-state index in [0.717, 1.165) is 35.5 Å². The molecule has 7 heteroatoms. The molecule has 6 nitrogen and oxygen atoms in total. The van der Waals surface area contributed by atoms with Gasteiger partial charge in [-0.2, -0.15) is 0 Å². The van der Waals surface area contributed by atoms with Gasteiger partial charge in [0.1, 0.15) is 5.60 Å². The summed E-state index contributed by atoms with van der Waals surface area (Å²) in [5, 5.41) is 0.626. The monoisotopic (exact) mass is 471 g/mol. The molecule has 1 amide bonds. The summed E-state index contributed by atoms with van der Waals surface area (Å²) in [6.45, 7) is 14.4. The lowest BCUT2D eigenvalue weighted by atomic mass is 9.96. The zero-order valence-corrected chi connectivity index (χ0v) is 21.2. The van der Waals surface area contributed by atoms with Crippen molar-refractivity contribution in [2.24, 2.45) is 0 Å². The van der Waals surface area contributed by atoms with Crippen molar-refractivity contribution < 1.29 is 14.3 Å². The van der Waals surface area contributed by atoms with E-state index in [4.69, 9.17) is 16.3 Å². The van der Waals surface area contributed by atoms with E-state index in [0.29, 0.717) is 23.7 Å². The average Bonchev–Trinajstić information content (AvgIpc) is 2.70. The smallest absolute Gasteiger partial charge is 0.410 e. The zero-order valence-electron chi connectivity index (χ0n) is 20.4. The Labute approximate surface area is 201 Å². The highest BCUT2D eigenvalue weighted by molar-refractivity contribution is 6.30. The molecule has 33 heavy (non-hydrogen) atoms. The minimum absolute atomic E-state index is 0.0263. The van der Waals surface area contributed by atoms with Crippen LogP contribution in [0, 0.1) is 13.8 Å². The molecule has 0 N–H and O–H groups in total. The lowest BCUT2D eigenvalue weighted by molar-refractivity contribution is 0.000532. The molecule has 2 aromatic rings. The van der Waals surface area contributed by atoms with Crippen LogP contribution in [-0.2, 0) is 17.7 Å². The normalized spacial score (nSPS) is 17.2. The van der Waals surface area contributed by atoms with Gasteiger partial charge in [0.05, 0.1) is 0 Å². The lowest BCUT2D eigenvalue weighted by Crippen LogP contribution is -2.54. The van der Waals surface area contributed by atoms with Gasteiger partial charge in [0.25, 0.3) is 0 Å². The molecule has 1 aromatic heterocycles. The Morgan fingerprint density at radius 3 is 2.45 bits per heavy atom. The van der Waals surface area contributed by atoms with Crippen LogP contribution in [0.3, 0.4) is 0 Å². The molecule has 2 heterocycles. The van der Waals surface area contributed by atoms with E-state index in [1.807, 2.05) is 65.8 Å². The molecule has 0 bridgehead atoms. The molecule has 0 saturated carbocycles. The number of hydrogen-bond donors (Lipinski definition) is 0. The maximum atomic E-state index is 12.8. The second-order valence-electron chi connectivity index (χ2n) is 9.90. The number of nitrogens with zero attached hydrogens (tertiary/aromatic N) is 3. The first-order valence-electron chi connectivity index (χ1n) is 11.4. The first-order chi connectivity index (χ1) is 15.4. The van der Waals surface area contributed by atoms with Crippen molar-refractivity contribution in [3.8, 4) is 0 Å². The number of benzene rings is 1. The van der Waals surface area contributed by atoms with E-state index in [1.54, 1.807) is 11.1 Å². The molecule has 0 unspecified atom stereocenters. The van der Waals surface area contributed by atoms with Gasteiger partial charge >= 0.3 is 6.09 Å². The summed E-state index contributed by atoms with van der Waals surface area (Å²) in [6.07, 6.45) is 1.65. The first-order valence-corrected chi connectivity index (χ1v) is 11.8. The fraction of sp³-hybridized carbons (Fsp3) is 0.500. The largest absolute Gasteiger partial charge is 0.444 e. The van der Waals surface area contributed by atoms with Crippen molar-refractivity contribution in [3.63, 3.8) is 0 Å². The van der Waals surface area contributed by atoms with Gasteiger partial charge in [-0.25, -0.2) is 4.79 Å². The fourth-order valence-electron chi connectivity index (χ4n) is 4.06. The third-order valence-electron chi connectivity index (χ3n) is 5.91. The van der Waals surface area contributed by atoms with Crippen LogP contribution in [0.1, 0.15) is 60.4 Å². The molecular weight excluding hydrogens is 438 g/mol.